The lowest BCUT2D eigenvalue weighted by Crippen LogP contribution is -2.31. The van der Waals surface area contributed by atoms with Gasteiger partial charge in [0.2, 0.25) is 5.91 Å². The molecule has 0 saturated carbocycles. The maximum atomic E-state index is 12.9. The molecule has 0 radical (unpaired) electrons. The maximum absolute atomic E-state index is 12.9. The normalized spacial score (nSPS) is 18.8. The summed E-state index contributed by atoms with van der Waals surface area (Å²) in [7, 11) is 0. The first-order chi connectivity index (χ1) is 13.1. The number of amides is 1. The van der Waals surface area contributed by atoms with Crippen LogP contribution in [0, 0.1) is 6.92 Å². The number of thioether (sulfide) groups is 1. The molecule has 140 valence electrons. The lowest BCUT2D eigenvalue weighted by atomic mass is 10.1. The molecule has 27 heavy (non-hydrogen) atoms. The minimum absolute atomic E-state index is 0.0688. The fourth-order valence-electron chi connectivity index (χ4n) is 2.83. The fraction of sp³-hybridized carbons (Fsp3) is 0.286. The van der Waals surface area contributed by atoms with Gasteiger partial charge in [-0.2, -0.15) is 5.10 Å². The second kappa shape index (κ2) is 9.33. The maximum Gasteiger partial charge on any atom is 0.242 e. The zero-order chi connectivity index (χ0) is 19.2. The van der Waals surface area contributed by atoms with Crippen LogP contribution in [0.2, 0.25) is 0 Å². The van der Waals surface area contributed by atoms with E-state index in [4.69, 9.17) is 0 Å². The van der Waals surface area contributed by atoms with Gasteiger partial charge in [0, 0.05) is 4.47 Å². The molecule has 4 nitrogen and oxygen atoms in total. The van der Waals surface area contributed by atoms with Gasteiger partial charge in [0.25, 0.3) is 0 Å². The Labute approximate surface area is 172 Å². The van der Waals surface area contributed by atoms with E-state index in [1.807, 2.05) is 36.4 Å². The number of aryl methyl sites for hydroxylation is 1. The molecule has 1 aliphatic rings. The van der Waals surface area contributed by atoms with Crippen molar-refractivity contribution in [3.8, 4) is 0 Å². The van der Waals surface area contributed by atoms with Crippen molar-refractivity contribution in [2.45, 2.75) is 38.5 Å². The largest absolute Gasteiger partial charge is 0.284 e. The molecular weight excluding hydrogens is 422 g/mol. The van der Waals surface area contributed by atoms with E-state index in [9.17, 15) is 4.79 Å². The third-order valence-corrected chi connectivity index (χ3v) is 6.14. The second-order valence-electron chi connectivity index (χ2n) is 6.42. The Morgan fingerprint density at radius 2 is 1.93 bits per heavy atom. The Morgan fingerprint density at radius 3 is 2.63 bits per heavy atom. The quantitative estimate of drug-likeness (QED) is 0.443. The summed E-state index contributed by atoms with van der Waals surface area (Å²) in [6.07, 6.45) is 3.53. The predicted octanol–water partition coefficient (Wildman–Crippen LogP) is 5.39. The lowest BCUT2D eigenvalue weighted by molar-refractivity contribution is -0.126. The van der Waals surface area contributed by atoms with Gasteiger partial charge in [-0.3, -0.25) is 9.69 Å². The molecule has 0 spiro atoms. The number of hydrogen-bond acceptors (Lipinski definition) is 4. The number of amidine groups is 1. The molecule has 1 heterocycles. The van der Waals surface area contributed by atoms with Crippen LogP contribution in [0.15, 0.2) is 63.2 Å². The smallest absolute Gasteiger partial charge is 0.242 e. The Balaban J connectivity index is 1.82. The van der Waals surface area contributed by atoms with Crippen LogP contribution in [0.5, 0.6) is 0 Å². The van der Waals surface area contributed by atoms with Crippen molar-refractivity contribution >= 4 is 45.0 Å². The Hall–Kier alpha value is -1.92. The van der Waals surface area contributed by atoms with Gasteiger partial charge in [-0.15, -0.1) is 5.10 Å². The zero-order valence-electron chi connectivity index (χ0n) is 15.4. The number of carbonyl (C=O) groups excluding carboxylic acids is 1. The standard InChI is InChI=1S/C21H22BrN3OS/c1-3-6-19-20(26)25(14-17-8-5-4-7-15(17)2)21(27-19)24-23-13-16-9-11-18(22)12-10-16/h4-5,7-13,19H,3,6,14H2,1-2H3/b23-13-,24-21-/t19-/m0/s1. The van der Waals surface area contributed by atoms with Crippen LogP contribution in [0.25, 0.3) is 0 Å². The van der Waals surface area contributed by atoms with Crippen molar-refractivity contribution in [2.75, 3.05) is 0 Å². The van der Waals surface area contributed by atoms with Crippen molar-refractivity contribution in [2.24, 2.45) is 10.2 Å². The molecule has 0 unspecified atom stereocenters. The second-order valence-corrected chi connectivity index (χ2v) is 8.51. The molecule has 1 amide bonds. The van der Waals surface area contributed by atoms with E-state index in [2.05, 4.69) is 52.1 Å². The predicted molar refractivity (Wildman–Crippen MR) is 117 cm³/mol. The summed E-state index contributed by atoms with van der Waals surface area (Å²) >= 11 is 4.94. The van der Waals surface area contributed by atoms with E-state index in [0.717, 1.165) is 28.4 Å². The monoisotopic (exact) mass is 443 g/mol. The summed E-state index contributed by atoms with van der Waals surface area (Å²) in [5.74, 6) is 0.127. The van der Waals surface area contributed by atoms with Crippen molar-refractivity contribution < 1.29 is 4.79 Å². The molecule has 1 aliphatic heterocycles. The summed E-state index contributed by atoms with van der Waals surface area (Å²) in [6.45, 7) is 4.70. The van der Waals surface area contributed by atoms with Gasteiger partial charge in [-0.25, -0.2) is 0 Å². The first-order valence-electron chi connectivity index (χ1n) is 8.97. The Morgan fingerprint density at radius 1 is 1.19 bits per heavy atom. The van der Waals surface area contributed by atoms with Gasteiger partial charge in [0.15, 0.2) is 5.17 Å². The molecule has 3 rings (SSSR count). The molecule has 0 bridgehead atoms. The molecule has 1 fully saturated rings. The van der Waals surface area contributed by atoms with E-state index in [1.165, 1.54) is 17.3 Å². The van der Waals surface area contributed by atoms with Crippen LogP contribution in [0.1, 0.15) is 36.5 Å². The van der Waals surface area contributed by atoms with Gasteiger partial charge < -0.3 is 0 Å². The summed E-state index contributed by atoms with van der Waals surface area (Å²) in [5, 5.41) is 9.21. The number of hydrogen-bond donors (Lipinski definition) is 0. The highest BCUT2D eigenvalue weighted by Gasteiger charge is 2.37. The van der Waals surface area contributed by atoms with Crippen LogP contribution in [0.4, 0.5) is 0 Å². The molecule has 1 atom stereocenters. The number of rotatable bonds is 6. The molecule has 0 aliphatic carbocycles. The van der Waals surface area contributed by atoms with Crippen molar-refractivity contribution in [1.29, 1.82) is 0 Å². The van der Waals surface area contributed by atoms with Gasteiger partial charge in [-0.1, -0.05) is 77.4 Å². The molecule has 1 saturated heterocycles. The molecule has 2 aromatic carbocycles. The van der Waals surface area contributed by atoms with Gasteiger partial charge in [-0.05, 0) is 42.2 Å². The van der Waals surface area contributed by atoms with Gasteiger partial charge in [0.05, 0.1) is 18.0 Å². The van der Waals surface area contributed by atoms with E-state index in [-0.39, 0.29) is 11.2 Å². The van der Waals surface area contributed by atoms with Crippen molar-refractivity contribution in [3.63, 3.8) is 0 Å². The topological polar surface area (TPSA) is 45.0 Å². The summed E-state index contributed by atoms with van der Waals surface area (Å²) in [6, 6.07) is 16.0. The van der Waals surface area contributed by atoms with Crippen LogP contribution < -0.4 is 0 Å². The highest BCUT2D eigenvalue weighted by molar-refractivity contribution is 9.10. The zero-order valence-corrected chi connectivity index (χ0v) is 17.8. The summed E-state index contributed by atoms with van der Waals surface area (Å²) in [5.41, 5.74) is 3.27. The van der Waals surface area contributed by atoms with Gasteiger partial charge in [0.1, 0.15) is 0 Å². The van der Waals surface area contributed by atoms with E-state index in [0.29, 0.717) is 11.7 Å². The van der Waals surface area contributed by atoms with Crippen LogP contribution in [0.3, 0.4) is 0 Å². The Kier molecular flexibility index (Phi) is 6.85. The van der Waals surface area contributed by atoms with Crippen LogP contribution >= 0.6 is 27.7 Å². The van der Waals surface area contributed by atoms with Crippen LogP contribution in [-0.2, 0) is 11.3 Å². The van der Waals surface area contributed by atoms with Gasteiger partial charge >= 0.3 is 0 Å². The molecular formula is C21H22BrN3OS. The number of carbonyl (C=O) groups is 1. The number of benzene rings is 2. The minimum Gasteiger partial charge on any atom is -0.284 e. The van der Waals surface area contributed by atoms with E-state index in [1.54, 1.807) is 11.1 Å². The minimum atomic E-state index is -0.0688. The van der Waals surface area contributed by atoms with E-state index >= 15 is 0 Å². The summed E-state index contributed by atoms with van der Waals surface area (Å²) < 4.78 is 1.02. The number of halogens is 1. The number of nitrogens with zero attached hydrogens (tertiary/aromatic N) is 3. The first kappa shape index (κ1) is 19.8. The highest BCUT2D eigenvalue weighted by Crippen LogP contribution is 2.32. The van der Waals surface area contributed by atoms with E-state index < -0.39 is 0 Å². The molecule has 2 aromatic rings. The molecule has 0 N–H and O–H groups in total. The highest BCUT2D eigenvalue weighted by atomic mass is 79.9. The van der Waals surface area contributed by atoms with Crippen molar-refractivity contribution in [1.82, 2.24) is 4.90 Å². The Bertz CT molecular complexity index is 864. The van der Waals surface area contributed by atoms with Crippen molar-refractivity contribution in [3.05, 3.63) is 69.7 Å². The lowest BCUT2D eigenvalue weighted by Gasteiger charge is -2.17. The third-order valence-electron chi connectivity index (χ3n) is 4.38. The summed E-state index contributed by atoms with van der Waals surface area (Å²) in [4.78, 5) is 14.6. The third kappa shape index (κ3) is 5.08. The fourth-order valence-corrected chi connectivity index (χ4v) is 4.31. The average molecular weight is 444 g/mol. The first-order valence-corrected chi connectivity index (χ1v) is 10.6. The average Bonchev–Trinajstić information content (AvgIpc) is 2.95. The molecule has 6 heteroatoms. The SMILES string of the molecule is CCC[C@@H]1S/C(=N\N=C/c2ccc(Br)cc2)N(Cc2ccccc2C)C1=O. The molecule has 0 aromatic heterocycles. The van der Waals surface area contributed by atoms with Crippen LogP contribution in [-0.4, -0.2) is 27.4 Å².